The Morgan fingerprint density at radius 2 is 1.36 bits per heavy atom. The molecule has 0 radical (unpaired) electrons. The van der Waals surface area contributed by atoms with Crippen molar-refractivity contribution in [2.45, 2.75) is 106 Å². The monoisotopic (exact) mass is 764 g/mol. The van der Waals surface area contributed by atoms with Crippen LogP contribution < -0.4 is 16.5 Å². The number of fused-ring (bicyclic) bond motifs is 10. The van der Waals surface area contributed by atoms with Gasteiger partial charge in [0.25, 0.3) is 5.56 Å². The molecule has 0 spiro atoms. The number of furan rings is 1. The Hall–Kier alpha value is -5.56. The maximum Gasteiger partial charge on any atom is 0.357 e. The van der Waals surface area contributed by atoms with Gasteiger partial charge in [-0.25, -0.2) is 4.98 Å². The van der Waals surface area contributed by atoms with E-state index in [0.717, 1.165) is 77.9 Å². The third-order valence-electron chi connectivity index (χ3n) is 14.9. The molecule has 7 heteroatoms. The summed E-state index contributed by atoms with van der Waals surface area (Å²) in [6.07, 6.45) is 0. The smallest absolute Gasteiger partial charge is 0.357 e. The quantitative estimate of drug-likeness (QED) is 0.168. The molecule has 3 aliphatic rings. The second-order valence-electron chi connectivity index (χ2n) is 18.8. The molecule has 0 N–H and O–H groups in total. The van der Waals surface area contributed by atoms with E-state index in [-0.39, 0.29) is 28.7 Å². The van der Waals surface area contributed by atoms with Crippen molar-refractivity contribution in [3.63, 3.8) is 0 Å². The Balaban J connectivity index is 0.00000201. The molecule has 0 saturated carbocycles. The zero-order chi connectivity index (χ0) is 41.0. The highest BCUT2D eigenvalue weighted by Crippen LogP contribution is 2.61. The number of hydrogen-bond acceptors (Lipinski definition) is 3. The van der Waals surface area contributed by atoms with Crippen LogP contribution in [-0.2, 0) is 10.8 Å². The Kier molecular flexibility index (Phi) is 7.61. The third-order valence-corrected chi connectivity index (χ3v) is 14.9. The third kappa shape index (κ3) is 4.30. The minimum Gasteiger partial charge on any atom is -0.456 e. The fourth-order valence-electron chi connectivity index (χ4n) is 11.0. The van der Waals surface area contributed by atoms with E-state index in [0.29, 0.717) is 11.8 Å². The molecule has 2 aliphatic heterocycles. The SMILES string of the molecule is CC.CC(C)c1cccc(C(C)C)c1-c1cc2c3c(c1)-n1c4c(c(=O)n1B3c1cccc3nc(-c5cccc6oc7ccccc7c56)n-2c13)C(C)(C)C(C)(C)C4(C)C. The van der Waals surface area contributed by atoms with Gasteiger partial charge in [-0.3, -0.25) is 18.6 Å². The fourth-order valence-corrected chi connectivity index (χ4v) is 11.0. The number of hydrogen-bond donors (Lipinski definition) is 0. The van der Waals surface area contributed by atoms with Crippen LogP contribution in [0.1, 0.15) is 117 Å². The average molecular weight is 765 g/mol. The molecule has 292 valence electrons. The number of rotatable bonds is 4. The lowest BCUT2D eigenvalue weighted by Crippen LogP contribution is -2.55. The molecule has 5 aromatic carbocycles. The molecule has 6 nitrogen and oxygen atoms in total. The van der Waals surface area contributed by atoms with Gasteiger partial charge in [0.05, 0.1) is 22.4 Å². The lowest BCUT2D eigenvalue weighted by atomic mass is 9.49. The van der Waals surface area contributed by atoms with E-state index in [1.807, 2.05) is 26.0 Å². The summed E-state index contributed by atoms with van der Waals surface area (Å²) in [5, 5.41) is 2.13. The van der Waals surface area contributed by atoms with Crippen molar-refractivity contribution in [3.05, 3.63) is 124 Å². The van der Waals surface area contributed by atoms with Gasteiger partial charge < -0.3 is 4.42 Å². The van der Waals surface area contributed by atoms with Gasteiger partial charge in [0.15, 0.2) is 0 Å². The van der Waals surface area contributed by atoms with Crippen LogP contribution in [-0.4, -0.2) is 25.7 Å². The molecular formula is C51H53BN4O2. The van der Waals surface area contributed by atoms with Crippen molar-refractivity contribution in [1.82, 2.24) is 18.8 Å². The van der Waals surface area contributed by atoms with Crippen molar-refractivity contribution in [1.29, 1.82) is 0 Å². The van der Waals surface area contributed by atoms with Crippen molar-refractivity contribution in [2.24, 2.45) is 5.41 Å². The van der Waals surface area contributed by atoms with Gasteiger partial charge in [-0.2, -0.15) is 0 Å². The molecule has 1 aliphatic carbocycles. The van der Waals surface area contributed by atoms with Crippen LogP contribution >= 0.6 is 0 Å². The first-order valence-electron chi connectivity index (χ1n) is 21.3. The minimum absolute atomic E-state index is 0.114. The molecule has 0 atom stereocenters. The molecule has 0 unspecified atom stereocenters. The summed E-state index contributed by atoms with van der Waals surface area (Å²) < 4.78 is 13.3. The summed E-state index contributed by atoms with van der Waals surface area (Å²) in [5.41, 5.74) is 15.6. The number of benzene rings is 5. The van der Waals surface area contributed by atoms with E-state index in [4.69, 9.17) is 9.40 Å². The Labute approximate surface area is 341 Å². The molecule has 0 amide bonds. The normalized spacial score (nSPS) is 16.3. The maximum atomic E-state index is 15.4. The molecule has 3 aromatic heterocycles. The number of aromatic nitrogens is 4. The first-order valence-corrected chi connectivity index (χ1v) is 21.3. The summed E-state index contributed by atoms with van der Waals surface area (Å²) >= 11 is 0. The average Bonchev–Trinajstić information content (AvgIpc) is 3.97. The van der Waals surface area contributed by atoms with Gasteiger partial charge in [-0.05, 0) is 75.3 Å². The van der Waals surface area contributed by atoms with Crippen LogP contribution in [0.3, 0.4) is 0 Å². The predicted molar refractivity (Wildman–Crippen MR) is 243 cm³/mol. The van der Waals surface area contributed by atoms with E-state index in [9.17, 15) is 0 Å². The number of nitrogens with zero attached hydrogens (tertiary/aromatic N) is 4. The van der Waals surface area contributed by atoms with Gasteiger partial charge >= 0.3 is 6.85 Å². The van der Waals surface area contributed by atoms with Crippen LogP contribution in [0.15, 0.2) is 100 Å². The number of imidazole rings is 1. The van der Waals surface area contributed by atoms with E-state index in [1.165, 1.54) is 22.3 Å². The summed E-state index contributed by atoms with van der Waals surface area (Å²) in [4.78, 5) is 20.9. The Morgan fingerprint density at radius 3 is 2.07 bits per heavy atom. The largest absolute Gasteiger partial charge is 0.456 e. The fraction of sp³-hybridized carbons (Fsp3) is 0.333. The van der Waals surface area contributed by atoms with E-state index in [2.05, 4.69) is 162 Å². The molecule has 11 rings (SSSR count). The van der Waals surface area contributed by atoms with Gasteiger partial charge in [-0.15, -0.1) is 0 Å². The van der Waals surface area contributed by atoms with E-state index in [1.54, 1.807) is 0 Å². The molecule has 8 aromatic rings. The topological polar surface area (TPSA) is 57.9 Å². The molecule has 5 heterocycles. The van der Waals surface area contributed by atoms with Crippen molar-refractivity contribution >= 4 is 50.7 Å². The molecular weight excluding hydrogens is 711 g/mol. The summed E-state index contributed by atoms with van der Waals surface area (Å²) in [6, 6.07) is 32.7. The van der Waals surface area contributed by atoms with Gasteiger partial charge in [0.2, 0.25) is 0 Å². The van der Waals surface area contributed by atoms with E-state index >= 15 is 4.79 Å². The van der Waals surface area contributed by atoms with Gasteiger partial charge in [0.1, 0.15) is 17.0 Å². The van der Waals surface area contributed by atoms with Gasteiger partial charge in [-0.1, -0.05) is 144 Å². The Bertz CT molecular complexity index is 3080. The first-order chi connectivity index (χ1) is 27.7. The zero-order valence-electron chi connectivity index (χ0n) is 36.0. The molecule has 0 fully saturated rings. The highest BCUT2D eigenvalue weighted by molar-refractivity contribution is 6.88. The summed E-state index contributed by atoms with van der Waals surface area (Å²) in [6.45, 7) is 26.8. The Morgan fingerprint density at radius 1 is 0.724 bits per heavy atom. The van der Waals surface area contributed by atoms with Crippen LogP contribution in [0, 0.1) is 5.41 Å². The molecule has 0 bridgehead atoms. The van der Waals surface area contributed by atoms with Crippen molar-refractivity contribution < 1.29 is 4.42 Å². The lowest BCUT2D eigenvalue weighted by molar-refractivity contribution is 0.119. The standard InChI is InChI=1S/C49H47BN4O2.C2H6/c1-26(2)29-17-13-18-30(27(3)4)39(29)28-24-35-42-36(25-28)53-44-41(47(5,6)49(9,10)48(44,7)8)46(55)54(53)50(42)33-20-15-21-34-43(33)52(35)45(51-34)32-19-14-23-38-40(32)31-16-11-12-22-37(31)56-38;1-2/h11-27H,1-10H3;1-2H3. The maximum absolute atomic E-state index is 15.4. The van der Waals surface area contributed by atoms with Crippen LogP contribution in [0.5, 0.6) is 0 Å². The zero-order valence-corrected chi connectivity index (χ0v) is 36.0. The predicted octanol–water partition coefficient (Wildman–Crippen LogP) is 11.4. The molecule has 0 saturated heterocycles. The van der Waals surface area contributed by atoms with Crippen molar-refractivity contribution in [2.75, 3.05) is 0 Å². The van der Waals surface area contributed by atoms with Crippen LogP contribution in [0.2, 0.25) is 0 Å². The highest BCUT2D eigenvalue weighted by Gasteiger charge is 2.62. The summed E-state index contributed by atoms with van der Waals surface area (Å²) in [7, 11) is 0. The molecule has 58 heavy (non-hydrogen) atoms. The second-order valence-corrected chi connectivity index (χ2v) is 18.8. The van der Waals surface area contributed by atoms with E-state index < -0.39 is 0 Å². The first kappa shape index (κ1) is 36.8. The minimum atomic E-state index is -0.343. The second kappa shape index (κ2) is 12.0. The number of para-hydroxylation sites is 2. The highest BCUT2D eigenvalue weighted by atomic mass is 16.3. The van der Waals surface area contributed by atoms with Gasteiger partial charge in [0, 0.05) is 43.9 Å². The van der Waals surface area contributed by atoms with Crippen LogP contribution in [0.4, 0.5) is 0 Å². The van der Waals surface area contributed by atoms with Crippen molar-refractivity contribution in [3.8, 4) is 33.9 Å². The lowest BCUT2D eigenvalue weighted by Gasteiger charge is -2.44. The summed E-state index contributed by atoms with van der Waals surface area (Å²) in [5.74, 6) is 1.51. The van der Waals surface area contributed by atoms with Crippen LogP contribution in [0.25, 0.3) is 66.9 Å².